The van der Waals surface area contributed by atoms with Crippen molar-refractivity contribution in [2.24, 2.45) is 5.92 Å². The molecule has 10 nitrogen and oxygen atoms in total. The highest BCUT2D eigenvalue weighted by atomic mass is 32.2. The number of anilines is 1. The maximum Gasteiger partial charge on any atom is 0.452 e. The van der Waals surface area contributed by atoms with Gasteiger partial charge < -0.3 is 10.0 Å². The lowest BCUT2D eigenvalue weighted by atomic mass is 9.79. The van der Waals surface area contributed by atoms with E-state index >= 15 is 0 Å². The predicted octanol–water partition coefficient (Wildman–Crippen LogP) is 5.18. The van der Waals surface area contributed by atoms with Crippen LogP contribution in [0.25, 0.3) is 5.65 Å². The highest BCUT2D eigenvalue weighted by Gasteiger charge is 2.40. The summed E-state index contributed by atoms with van der Waals surface area (Å²) in [7, 11) is -3.92. The summed E-state index contributed by atoms with van der Waals surface area (Å²) in [5.41, 5.74) is 2.97. The maximum absolute atomic E-state index is 14.0. The third-order valence-electron chi connectivity index (χ3n) is 9.11. The number of carbonyl (C=O) groups is 1. The number of benzene rings is 1. The lowest BCUT2D eigenvalue weighted by Gasteiger charge is -2.36. The SMILES string of the molecule is Cc1ccc([C@@H](c2ccn3c(C(F)(F)F)nnc3c2C)C(C)C(=O)O)cc1CN1C[C@@H]2CCCCN2c2ncccc2S1(=O)=O. The van der Waals surface area contributed by atoms with Crippen LogP contribution in [-0.4, -0.2) is 62.5 Å². The number of nitrogens with zero attached hydrogens (tertiary/aromatic N) is 6. The number of piperidine rings is 1. The summed E-state index contributed by atoms with van der Waals surface area (Å²) < 4.78 is 71.0. The number of pyridine rings is 2. The largest absolute Gasteiger partial charge is 0.481 e. The molecule has 0 amide bonds. The third kappa shape index (κ3) is 5.43. The van der Waals surface area contributed by atoms with Crippen LogP contribution in [0, 0.1) is 19.8 Å². The summed E-state index contributed by atoms with van der Waals surface area (Å²) >= 11 is 0. The Morgan fingerprint density at radius 2 is 1.91 bits per heavy atom. The average Bonchev–Trinajstić information content (AvgIpc) is 3.42. The molecule has 3 atom stereocenters. The van der Waals surface area contributed by atoms with E-state index in [1.165, 1.54) is 16.6 Å². The molecular weight excluding hydrogens is 609 g/mol. The second kappa shape index (κ2) is 11.4. The molecular formula is C31H33F3N6O4S. The van der Waals surface area contributed by atoms with Crippen molar-refractivity contribution >= 4 is 27.5 Å². The van der Waals surface area contributed by atoms with Crippen molar-refractivity contribution in [2.75, 3.05) is 18.0 Å². The Hall–Kier alpha value is -4.04. The zero-order chi connectivity index (χ0) is 32.3. The van der Waals surface area contributed by atoms with Crippen molar-refractivity contribution in [3.05, 3.63) is 82.4 Å². The molecule has 238 valence electrons. The first-order valence-corrected chi connectivity index (χ1v) is 16.2. The Morgan fingerprint density at radius 1 is 1.13 bits per heavy atom. The van der Waals surface area contributed by atoms with E-state index in [1.807, 2.05) is 19.1 Å². The van der Waals surface area contributed by atoms with Crippen LogP contribution >= 0.6 is 0 Å². The summed E-state index contributed by atoms with van der Waals surface area (Å²) in [4.78, 5) is 19.1. The van der Waals surface area contributed by atoms with Gasteiger partial charge in [0, 0.05) is 44.0 Å². The monoisotopic (exact) mass is 642 g/mol. The van der Waals surface area contributed by atoms with Crippen LogP contribution in [0.1, 0.15) is 65.7 Å². The van der Waals surface area contributed by atoms with Crippen LogP contribution in [0.2, 0.25) is 0 Å². The zero-order valence-corrected chi connectivity index (χ0v) is 25.8. The standard InChI is InChI=1S/C31H33F3N6O4S/c1-18-9-10-21(26(20(3)29(41)42)24-11-14-40-27(19(24)2)36-37-30(40)31(32,33)34)15-22(18)16-38-17-23-7-4-5-13-39(23)28-25(45(38,43)44)8-6-12-35-28/h6,8-12,14-15,20,23,26H,4-5,7,13,16-17H2,1-3H3,(H,41,42)/t20?,23-,26-/m0/s1. The highest BCUT2D eigenvalue weighted by molar-refractivity contribution is 7.89. The molecule has 0 aliphatic carbocycles. The lowest BCUT2D eigenvalue weighted by molar-refractivity contribution is -0.145. The smallest absolute Gasteiger partial charge is 0.452 e. The number of hydrogen-bond donors (Lipinski definition) is 1. The minimum absolute atomic E-state index is 0.0188. The van der Waals surface area contributed by atoms with Gasteiger partial charge in [-0.3, -0.25) is 9.20 Å². The summed E-state index contributed by atoms with van der Waals surface area (Å²) in [6.07, 6.45) is 0.874. The molecule has 0 saturated carbocycles. The Morgan fingerprint density at radius 3 is 2.64 bits per heavy atom. The van der Waals surface area contributed by atoms with Crippen LogP contribution in [0.5, 0.6) is 0 Å². The molecule has 1 unspecified atom stereocenters. The maximum atomic E-state index is 14.0. The number of aliphatic carboxylic acids is 1. The van der Waals surface area contributed by atoms with E-state index in [0.29, 0.717) is 28.1 Å². The lowest BCUT2D eigenvalue weighted by Crippen LogP contribution is -2.45. The number of halogens is 3. The first kappa shape index (κ1) is 31.0. The molecule has 2 aliphatic rings. The van der Waals surface area contributed by atoms with E-state index in [2.05, 4.69) is 20.1 Å². The van der Waals surface area contributed by atoms with Crippen molar-refractivity contribution in [1.29, 1.82) is 0 Å². The second-order valence-electron chi connectivity index (χ2n) is 11.9. The number of alkyl halides is 3. The topological polar surface area (TPSA) is 121 Å². The van der Waals surface area contributed by atoms with Gasteiger partial charge in [-0.2, -0.15) is 17.5 Å². The summed E-state index contributed by atoms with van der Waals surface area (Å²) in [6.45, 7) is 6.08. The predicted molar refractivity (Wildman–Crippen MR) is 159 cm³/mol. The number of aryl methyl sites for hydroxylation is 2. The summed E-state index contributed by atoms with van der Waals surface area (Å²) in [6, 6.07) is 10.1. The van der Waals surface area contributed by atoms with Gasteiger partial charge in [-0.1, -0.05) is 25.1 Å². The number of fused-ring (bicyclic) bond motifs is 4. The van der Waals surface area contributed by atoms with E-state index < -0.39 is 39.8 Å². The fourth-order valence-electron chi connectivity index (χ4n) is 6.64. The Bertz CT molecular complexity index is 1890. The first-order valence-electron chi connectivity index (χ1n) is 14.7. The molecule has 4 aromatic rings. The van der Waals surface area contributed by atoms with Crippen molar-refractivity contribution in [3.63, 3.8) is 0 Å². The first-order chi connectivity index (χ1) is 21.3. The fraction of sp³-hybridized carbons (Fsp3) is 0.419. The normalized spacial score (nSPS) is 19.9. The molecule has 0 bridgehead atoms. The van der Waals surface area contributed by atoms with Crippen LogP contribution in [0.4, 0.5) is 19.0 Å². The van der Waals surface area contributed by atoms with Gasteiger partial charge in [-0.15, -0.1) is 10.2 Å². The van der Waals surface area contributed by atoms with Gasteiger partial charge in [0.1, 0.15) is 10.7 Å². The van der Waals surface area contributed by atoms with Gasteiger partial charge in [-0.05, 0) is 79.1 Å². The van der Waals surface area contributed by atoms with Crippen molar-refractivity contribution < 1.29 is 31.5 Å². The van der Waals surface area contributed by atoms with Crippen LogP contribution in [0.3, 0.4) is 0 Å². The molecule has 2 aliphatic heterocycles. The molecule has 3 aromatic heterocycles. The Kier molecular flexibility index (Phi) is 7.84. The minimum Gasteiger partial charge on any atom is -0.481 e. The van der Waals surface area contributed by atoms with E-state index in [0.717, 1.165) is 35.8 Å². The quantitative estimate of drug-likeness (QED) is 0.306. The second-order valence-corrected chi connectivity index (χ2v) is 13.8. The third-order valence-corrected chi connectivity index (χ3v) is 10.9. The average molecular weight is 643 g/mol. The molecule has 0 spiro atoms. The van der Waals surface area contributed by atoms with E-state index in [4.69, 9.17) is 0 Å². The molecule has 14 heteroatoms. The van der Waals surface area contributed by atoms with Gasteiger partial charge in [0.25, 0.3) is 0 Å². The van der Waals surface area contributed by atoms with E-state index in [1.54, 1.807) is 38.2 Å². The number of carboxylic acid groups (broad SMARTS) is 1. The van der Waals surface area contributed by atoms with Crippen molar-refractivity contribution in [1.82, 2.24) is 23.9 Å². The number of carboxylic acids is 1. The molecule has 1 N–H and O–H groups in total. The Labute approximate surface area is 258 Å². The van der Waals surface area contributed by atoms with Gasteiger partial charge in [0.05, 0.1) is 5.92 Å². The molecule has 45 heavy (non-hydrogen) atoms. The summed E-state index contributed by atoms with van der Waals surface area (Å²) in [5.74, 6) is -3.52. The van der Waals surface area contributed by atoms with Crippen molar-refractivity contribution in [2.45, 2.75) is 69.6 Å². The molecule has 1 saturated heterocycles. The number of hydrogen-bond acceptors (Lipinski definition) is 7. The Balaban J connectivity index is 1.42. The van der Waals surface area contributed by atoms with Crippen LogP contribution in [-0.2, 0) is 27.5 Å². The number of aromatic nitrogens is 4. The molecule has 1 fully saturated rings. The fourth-order valence-corrected chi connectivity index (χ4v) is 8.25. The van der Waals surface area contributed by atoms with Gasteiger partial charge in [-0.25, -0.2) is 13.4 Å². The minimum atomic E-state index is -4.72. The zero-order valence-electron chi connectivity index (χ0n) is 25.0. The number of rotatable bonds is 6. The number of sulfonamides is 1. The van der Waals surface area contributed by atoms with Gasteiger partial charge in [0.2, 0.25) is 15.8 Å². The van der Waals surface area contributed by atoms with Crippen LogP contribution < -0.4 is 4.90 Å². The van der Waals surface area contributed by atoms with Crippen molar-refractivity contribution in [3.8, 4) is 0 Å². The molecule has 1 aromatic carbocycles. The summed E-state index contributed by atoms with van der Waals surface area (Å²) in [5, 5.41) is 17.2. The molecule has 0 radical (unpaired) electrons. The van der Waals surface area contributed by atoms with E-state index in [9.17, 15) is 31.5 Å². The molecule has 5 heterocycles. The molecule has 6 rings (SSSR count). The van der Waals surface area contributed by atoms with E-state index in [-0.39, 0.29) is 29.7 Å². The van der Waals surface area contributed by atoms with Gasteiger partial charge >= 0.3 is 12.1 Å². The van der Waals surface area contributed by atoms with Crippen LogP contribution in [0.15, 0.2) is 53.7 Å². The highest BCUT2D eigenvalue weighted by Crippen LogP contribution is 2.39. The van der Waals surface area contributed by atoms with Gasteiger partial charge in [0.15, 0.2) is 5.65 Å².